The molecule has 0 saturated carbocycles. The lowest BCUT2D eigenvalue weighted by atomic mass is 10.2. The van der Waals surface area contributed by atoms with E-state index in [9.17, 15) is 4.79 Å². The van der Waals surface area contributed by atoms with Gasteiger partial charge in [-0.15, -0.1) is 11.8 Å². The lowest BCUT2D eigenvalue weighted by molar-refractivity contribution is -0.157. The molecule has 0 atom stereocenters. The van der Waals surface area contributed by atoms with E-state index in [2.05, 4.69) is 0 Å². The van der Waals surface area contributed by atoms with Crippen LogP contribution in [0.3, 0.4) is 0 Å². The van der Waals surface area contributed by atoms with E-state index in [1.807, 2.05) is 45.2 Å². The van der Waals surface area contributed by atoms with Crippen molar-refractivity contribution in [2.45, 2.75) is 37.6 Å². The molecule has 5 nitrogen and oxygen atoms in total. The summed E-state index contributed by atoms with van der Waals surface area (Å²) >= 11 is 1.54. The Morgan fingerprint density at radius 3 is 2.59 bits per heavy atom. The normalized spacial score (nSPS) is 15.8. The molecule has 0 radical (unpaired) electrons. The summed E-state index contributed by atoms with van der Waals surface area (Å²) in [5.41, 5.74) is 0.271. The summed E-state index contributed by atoms with van der Waals surface area (Å²) in [6.07, 6.45) is 1.51. The minimum atomic E-state index is -0.528. The van der Waals surface area contributed by atoms with E-state index in [1.165, 1.54) is 0 Å². The van der Waals surface area contributed by atoms with Crippen molar-refractivity contribution in [2.75, 3.05) is 26.1 Å². The van der Waals surface area contributed by atoms with Crippen molar-refractivity contribution in [3.05, 3.63) is 23.8 Å². The van der Waals surface area contributed by atoms with E-state index >= 15 is 0 Å². The van der Waals surface area contributed by atoms with Gasteiger partial charge in [0.1, 0.15) is 11.4 Å². The Bertz CT molecular complexity index is 518. The Hall–Kier alpha value is -1.24. The number of benzene rings is 1. The van der Waals surface area contributed by atoms with Gasteiger partial charge in [-0.3, -0.25) is 0 Å². The van der Waals surface area contributed by atoms with Gasteiger partial charge in [0.2, 0.25) is 0 Å². The van der Waals surface area contributed by atoms with Crippen LogP contribution >= 0.6 is 11.8 Å². The number of esters is 1. The third kappa shape index (κ3) is 4.63. The zero-order valence-corrected chi connectivity index (χ0v) is 14.2. The number of carbonyl (C=O) groups excluding carboxylic acids is 1. The second-order valence-corrected chi connectivity index (χ2v) is 6.68. The van der Waals surface area contributed by atoms with E-state index in [-0.39, 0.29) is 6.61 Å². The topological polar surface area (TPSA) is 54.0 Å². The fraction of sp³-hybridized carbons (Fsp3) is 0.562. The summed E-state index contributed by atoms with van der Waals surface area (Å²) in [7, 11) is 0. The molecule has 0 aromatic heterocycles. The van der Waals surface area contributed by atoms with E-state index in [0.717, 1.165) is 10.5 Å². The number of hydrogen-bond acceptors (Lipinski definition) is 6. The average Bonchev–Trinajstić information content (AvgIpc) is 2.96. The van der Waals surface area contributed by atoms with Crippen molar-refractivity contribution < 1.29 is 23.7 Å². The van der Waals surface area contributed by atoms with Gasteiger partial charge in [0.15, 0.2) is 12.9 Å². The zero-order valence-electron chi connectivity index (χ0n) is 13.4. The number of para-hydroxylation sites is 1. The van der Waals surface area contributed by atoms with Crippen molar-refractivity contribution in [1.82, 2.24) is 0 Å². The molecular weight excluding hydrogens is 304 g/mol. The van der Waals surface area contributed by atoms with Crippen molar-refractivity contribution in [3.63, 3.8) is 0 Å². The highest BCUT2D eigenvalue weighted by molar-refractivity contribution is 7.98. The van der Waals surface area contributed by atoms with Gasteiger partial charge < -0.3 is 18.9 Å². The highest BCUT2D eigenvalue weighted by Crippen LogP contribution is 2.37. The largest absolute Gasteiger partial charge is 0.480 e. The van der Waals surface area contributed by atoms with Gasteiger partial charge in [0.05, 0.1) is 18.8 Å². The molecule has 0 N–H and O–H groups in total. The molecule has 0 unspecified atom stereocenters. The number of hydrogen-bond donors (Lipinski definition) is 0. The molecule has 1 aromatic carbocycles. The van der Waals surface area contributed by atoms with Crippen LogP contribution in [0.1, 0.15) is 32.6 Å². The maximum Gasteiger partial charge on any atom is 0.344 e. The van der Waals surface area contributed by atoms with Gasteiger partial charge in [0, 0.05) is 4.90 Å². The van der Waals surface area contributed by atoms with E-state index < -0.39 is 17.9 Å². The minimum absolute atomic E-state index is 0.144. The second kappa shape index (κ2) is 7.35. The van der Waals surface area contributed by atoms with E-state index in [4.69, 9.17) is 18.9 Å². The molecule has 0 bridgehead atoms. The second-order valence-electron chi connectivity index (χ2n) is 5.83. The van der Waals surface area contributed by atoms with Gasteiger partial charge in [-0.05, 0) is 33.1 Å². The number of ether oxygens (including phenoxy) is 4. The summed E-state index contributed by atoms with van der Waals surface area (Å²) < 4.78 is 22.1. The van der Waals surface area contributed by atoms with Crippen LogP contribution in [-0.4, -0.2) is 37.6 Å². The van der Waals surface area contributed by atoms with Crippen LogP contribution in [0, 0.1) is 0 Å². The number of carbonyl (C=O) groups is 1. The van der Waals surface area contributed by atoms with Gasteiger partial charge in [-0.2, -0.15) is 0 Å². The third-order valence-corrected chi connectivity index (χ3v) is 3.62. The van der Waals surface area contributed by atoms with E-state index in [1.54, 1.807) is 11.8 Å². The Morgan fingerprint density at radius 1 is 1.32 bits per heavy atom. The molecular formula is C16H22O5S. The fourth-order valence-electron chi connectivity index (χ4n) is 2.07. The van der Waals surface area contributed by atoms with Crippen LogP contribution < -0.4 is 4.74 Å². The Kier molecular flexibility index (Phi) is 5.72. The predicted octanol–water partition coefficient (Wildman–Crippen LogP) is 3.17. The molecule has 1 aromatic rings. The van der Waals surface area contributed by atoms with Crippen LogP contribution in [0.2, 0.25) is 0 Å². The van der Waals surface area contributed by atoms with Gasteiger partial charge in [-0.1, -0.05) is 12.1 Å². The fourth-order valence-corrected chi connectivity index (χ4v) is 2.65. The van der Waals surface area contributed by atoms with Crippen molar-refractivity contribution in [3.8, 4) is 5.75 Å². The van der Waals surface area contributed by atoms with Crippen LogP contribution in [0.15, 0.2) is 23.1 Å². The Balaban J connectivity index is 2.12. The molecule has 1 aliphatic rings. The number of rotatable bonds is 5. The lowest BCUT2D eigenvalue weighted by Crippen LogP contribution is -2.27. The molecule has 2 rings (SSSR count). The van der Waals surface area contributed by atoms with Crippen molar-refractivity contribution >= 4 is 17.7 Å². The van der Waals surface area contributed by atoms with Gasteiger partial charge >= 0.3 is 5.97 Å². The highest BCUT2D eigenvalue weighted by Gasteiger charge is 2.25. The van der Waals surface area contributed by atoms with Crippen LogP contribution in [0.5, 0.6) is 5.75 Å². The van der Waals surface area contributed by atoms with E-state index in [0.29, 0.717) is 19.0 Å². The smallest absolute Gasteiger partial charge is 0.344 e. The molecule has 22 heavy (non-hydrogen) atoms. The highest BCUT2D eigenvalue weighted by atomic mass is 32.2. The predicted molar refractivity (Wildman–Crippen MR) is 84.2 cm³/mol. The summed E-state index contributed by atoms with van der Waals surface area (Å²) in [5, 5.41) is 0. The summed E-state index contributed by atoms with van der Waals surface area (Å²) in [4.78, 5) is 12.8. The standard InChI is InChI=1S/C16H22O5S/c1-16(2,3)21-13(17)10-20-14-11(15-18-8-9-19-15)6-5-7-12(14)22-4/h5-7,15H,8-10H2,1-4H3. The van der Waals surface area contributed by atoms with Gasteiger partial charge in [-0.25, -0.2) is 4.79 Å². The summed E-state index contributed by atoms with van der Waals surface area (Å²) in [6, 6.07) is 5.75. The van der Waals surface area contributed by atoms with Crippen LogP contribution in [0.4, 0.5) is 0 Å². The van der Waals surface area contributed by atoms with Crippen molar-refractivity contribution in [2.24, 2.45) is 0 Å². The molecule has 1 aliphatic heterocycles. The molecule has 6 heteroatoms. The quantitative estimate of drug-likeness (QED) is 0.612. The summed E-state index contributed by atoms with van der Waals surface area (Å²) in [5.74, 6) is 0.218. The summed E-state index contributed by atoms with van der Waals surface area (Å²) in [6.45, 7) is 6.44. The number of thioether (sulfide) groups is 1. The average molecular weight is 326 g/mol. The minimum Gasteiger partial charge on any atom is -0.480 e. The maximum atomic E-state index is 11.8. The monoisotopic (exact) mass is 326 g/mol. The molecule has 0 aliphatic carbocycles. The zero-order chi connectivity index (χ0) is 16.2. The third-order valence-electron chi connectivity index (χ3n) is 2.86. The lowest BCUT2D eigenvalue weighted by Gasteiger charge is -2.21. The molecule has 1 heterocycles. The molecule has 1 fully saturated rings. The molecule has 0 amide bonds. The first-order chi connectivity index (χ1) is 10.4. The first-order valence-electron chi connectivity index (χ1n) is 7.15. The molecule has 0 spiro atoms. The first kappa shape index (κ1) is 17.1. The first-order valence-corrected chi connectivity index (χ1v) is 8.38. The SMILES string of the molecule is CSc1cccc(C2OCCO2)c1OCC(=O)OC(C)(C)C. The Morgan fingerprint density at radius 2 is 2.00 bits per heavy atom. The maximum absolute atomic E-state index is 11.8. The Labute approximate surface area is 135 Å². The van der Waals surface area contributed by atoms with Gasteiger partial charge in [0.25, 0.3) is 0 Å². The molecule has 122 valence electrons. The van der Waals surface area contributed by atoms with Crippen molar-refractivity contribution in [1.29, 1.82) is 0 Å². The molecule has 1 saturated heterocycles. The van der Waals surface area contributed by atoms with Crippen LogP contribution in [0.25, 0.3) is 0 Å². The van der Waals surface area contributed by atoms with Crippen LogP contribution in [-0.2, 0) is 19.0 Å².